The minimum atomic E-state index is -3.36. The Labute approximate surface area is 174 Å². The van der Waals surface area contributed by atoms with Crippen molar-refractivity contribution in [3.8, 4) is 0 Å². The smallest absolute Gasteiger partial charge is 0.317 e. The fourth-order valence-corrected chi connectivity index (χ4v) is 5.05. The van der Waals surface area contributed by atoms with Crippen LogP contribution in [0.25, 0.3) is 0 Å². The number of nitrogens with one attached hydrogen (secondary N) is 2. The Morgan fingerprint density at radius 2 is 1.93 bits per heavy atom. The first-order chi connectivity index (χ1) is 13.8. The van der Waals surface area contributed by atoms with Gasteiger partial charge in [-0.2, -0.15) is 0 Å². The van der Waals surface area contributed by atoms with Crippen molar-refractivity contribution >= 4 is 16.1 Å². The molecule has 1 heterocycles. The second-order valence-electron chi connectivity index (χ2n) is 8.27. The summed E-state index contributed by atoms with van der Waals surface area (Å²) in [5.74, 6) is 0.511. The molecular weight excluding hydrogens is 390 g/mol. The van der Waals surface area contributed by atoms with Gasteiger partial charge in [-0.15, -0.1) is 0 Å². The van der Waals surface area contributed by atoms with Crippen molar-refractivity contribution in [2.45, 2.75) is 63.6 Å². The summed E-state index contributed by atoms with van der Waals surface area (Å²) in [4.78, 5) is 14.2. The monoisotopic (exact) mass is 423 g/mol. The zero-order valence-corrected chi connectivity index (χ0v) is 18.4. The minimum Gasteiger partial charge on any atom is -0.376 e. The lowest BCUT2D eigenvalue weighted by atomic mass is 9.77. The van der Waals surface area contributed by atoms with Crippen LogP contribution in [0.2, 0.25) is 0 Å². The van der Waals surface area contributed by atoms with Gasteiger partial charge in [0.2, 0.25) is 10.0 Å². The van der Waals surface area contributed by atoms with E-state index >= 15 is 0 Å². The molecule has 0 aromatic heterocycles. The van der Waals surface area contributed by atoms with Crippen molar-refractivity contribution < 1.29 is 17.9 Å². The summed E-state index contributed by atoms with van der Waals surface area (Å²) in [6.07, 6.45) is 4.70. The number of carbonyl (C=O) groups excluding carboxylic acids is 1. The lowest BCUT2D eigenvalue weighted by molar-refractivity contribution is -0.0424. The molecule has 2 atom stereocenters. The fraction of sp³-hybridized carbons (Fsp3) is 0.667. The average Bonchev–Trinajstić information content (AvgIpc) is 2.61. The number of rotatable bonds is 7. The molecule has 0 bridgehead atoms. The molecule has 0 unspecified atom stereocenters. The van der Waals surface area contributed by atoms with E-state index in [1.165, 1.54) is 11.1 Å². The molecule has 1 saturated carbocycles. The molecule has 1 saturated heterocycles. The van der Waals surface area contributed by atoms with Crippen LogP contribution in [-0.4, -0.2) is 63.5 Å². The molecule has 29 heavy (non-hydrogen) atoms. The van der Waals surface area contributed by atoms with Crippen molar-refractivity contribution in [1.29, 1.82) is 0 Å². The molecule has 1 aliphatic carbocycles. The molecule has 2 N–H and O–H groups in total. The van der Waals surface area contributed by atoms with Gasteiger partial charge < -0.3 is 15.0 Å². The third-order valence-electron chi connectivity index (χ3n) is 5.88. The maximum atomic E-state index is 12.5. The van der Waals surface area contributed by atoms with E-state index in [-0.39, 0.29) is 24.2 Å². The van der Waals surface area contributed by atoms with Crippen molar-refractivity contribution in [1.82, 2.24) is 14.9 Å². The molecule has 0 radical (unpaired) electrons. The van der Waals surface area contributed by atoms with Gasteiger partial charge in [-0.25, -0.2) is 17.9 Å². The largest absolute Gasteiger partial charge is 0.376 e. The predicted molar refractivity (Wildman–Crippen MR) is 113 cm³/mol. The van der Waals surface area contributed by atoms with Crippen LogP contribution >= 0.6 is 0 Å². The number of likely N-dealkylation sites (tertiary alicyclic amines) is 1. The summed E-state index contributed by atoms with van der Waals surface area (Å²) in [6, 6.07) is 7.85. The minimum absolute atomic E-state index is 0.151. The number of hydrogen-bond acceptors (Lipinski definition) is 4. The maximum absolute atomic E-state index is 12.5. The fourth-order valence-electron chi connectivity index (χ4n) is 4.23. The van der Waals surface area contributed by atoms with Gasteiger partial charge in [0.05, 0.1) is 25.0 Å². The Morgan fingerprint density at radius 1 is 1.24 bits per heavy atom. The van der Waals surface area contributed by atoms with Crippen LogP contribution < -0.4 is 10.0 Å². The Morgan fingerprint density at radius 3 is 2.55 bits per heavy atom. The van der Waals surface area contributed by atoms with Crippen LogP contribution in [0.3, 0.4) is 0 Å². The van der Waals surface area contributed by atoms with E-state index in [4.69, 9.17) is 4.74 Å². The van der Waals surface area contributed by atoms with Crippen LogP contribution in [0.4, 0.5) is 4.79 Å². The molecule has 1 aliphatic heterocycles. The summed E-state index contributed by atoms with van der Waals surface area (Å²) in [6.45, 7) is 5.45. The highest BCUT2D eigenvalue weighted by Crippen LogP contribution is 2.39. The van der Waals surface area contributed by atoms with E-state index in [2.05, 4.69) is 41.2 Å². The van der Waals surface area contributed by atoms with Gasteiger partial charge in [-0.3, -0.25) is 0 Å². The van der Waals surface area contributed by atoms with Crippen molar-refractivity contribution in [3.63, 3.8) is 0 Å². The Kier molecular flexibility index (Phi) is 7.19. The van der Waals surface area contributed by atoms with E-state index in [9.17, 15) is 13.2 Å². The van der Waals surface area contributed by atoms with Crippen molar-refractivity contribution in [3.05, 3.63) is 35.4 Å². The number of piperidine rings is 1. The number of aryl methyl sites for hydroxylation is 1. The third-order valence-corrected chi connectivity index (χ3v) is 6.61. The first-order valence-corrected chi connectivity index (χ1v) is 12.4. The van der Waals surface area contributed by atoms with Gasteiger partial charge in [0.15, 0.2) is 0 Å². The molecule has 0 spiro atoms. The van der Waals surface area contributed by atoms with Gasteiger partial charge in [-0.1, -0.05) is 29.8 Å². The van der Waals surface area contributed by atoms with Gasteiger partial charge in [-0.05, 0) is 51.0 Å². The quantitative estimate of drug-likeness (QED) is 0.705. The molecule has 162 valence electrons. The maximum Gasteiger partial charge on any atom is 0.317 e. The van der Waals surface area contributed by atoms with Crippen LogP contribution in [-0.2, 0) is 14.8 Å². The topological polar surface area (TPSA) is 87.7 Å². The highest BCUT2D eigenvalue weighted by molar-refractivity contribution is 7.88. The SMILES string of the molecule is CCNC(=O)N1CCC[C@H](NS(C)(=O)=O)[C@@H]1COC1CC(c2ccc(C)cc2)C1. The normalized spacial score (nSPS) is 27.3. The summed E-state index contributed by atoms with van der Waals surface area (Å²) >= 11 is 0. The van der Waals surface area contributed by atoms with Gasteiger partial charge in [0, 0.05) is 19.1 Å². The Hall–Kier alpha value is -1.64. The number of urea groups is 1. The number of amides is 2. The van der Waals surface area contributed by atoms with E-state index in [1.54, 1.807) is 4.90 Å². The van der Waals surface area contributed by atoms with E-state index in [1.807, 2.05) is 6.92 Å². The first-order valence-electron chi connectivity index (χ1n) is 10.5. The number of ether oxygens (including phenoxy) is 1. The first kappa shape index (κ1) is 22.1. The zero-order valence-electron chi connectivity index (χ0n) is 17.6. The molecule has 2 fully saturated rings. The van der Waals surface area contributed by atoms with E-state index < -0.39 is 10.0 Å². The summed E-state index contributed by atoms with van der Waals surface area (Å²) in [5.41, 5.74) is 2.60. The van der Waals surface area contributed by atoms with E-state index in [0.29, 0.717) is 32.0 Å². The highest BCUT2D eigenvalue weighted by Gasteiger charge is 2.38. The van der Waals surface area contributed by atoms with Gasteiger partial charge >= 0.3 is 6.03 Å². The Balaban J connectivity index is 1.59. The predicted octanol–water partition coefficient (Wildman–Crippen LogP) is 2.37. The summed E-state index contributed by atoms with van der Waals surface area (Å²) in [5, 5.41) is 2.83. The molecule has 7 nitrogen and oxygen atoms in total. The van der Waals surface area contributed by atoms with E-state index in [0.717, 1.165) is 25.5 Å². The third kappa shape index (κ3) is 5.93. The summed E-state index contributed by atoms with van der Waals surface area (Å²) in [7, 11) is -3.36. The molecule has 2 amide bonds. The van der Waals surface area contributed by atoms with Crippen molar-refractivity contribution in [2.75, 3.05) is 26.0 Å². The van der Waals surface area contributed by atoms with Crippen LogP contribution in [0.15, 0.2) is 24.3 Å². The number of hydrogen-bond donors (Lipinski definition) is 2. The van der Waals surface area contributed by atoms with Crippen LogP contribution in [0.1, 0.15) is 49.7 Å². The highest BCUT2D eigenvalue weighted by atomic mass is 32.2. The average molecular weight is 424 g/mol. The molecule has 1 aromatic rings. The lowest BCUT2D eigenvalue weighted by Gasteiger charge is -2.43. The van der Waals surface area contributed by atoms with Crippen LogP contribution in [0.5, 0.6) is 0 Å². The molecular formula is C21H33N3O4S. The second kappa shape index (κ2) is 9.45. The molecule has 2 aliphatic rings. The zero-order chi connectivity index (χ0) is 21.0. The lowest BCUT2D eigenvalue weighted by Crippen LogP contribution is -2.60. The second-order valence-corrected chi connectivity index (χ2v) is 10.0. The number of carbonyl (C=O) groups is 1. The molecule has 1 aromatic carbocycles. The van der Waals surface area contributed by atoms with Gasteiger partial charge in [0.1, 0.15) is 0 Å². The summed E-state index contributed by atoms with van der Waals surface area (Å²) < 4.78 is 32.5. The Bertz CT molecular complexity index is 791. The number of nitrogens with zero attached hydrogens (tertiary/aromatic N) is 1. The number of sulfonamides is 1. The van der Waals surface area contributed by atoms with Crippen molar-refractivity contribution in [2.24, 2.45) is 0 Å². The molecule has 3 rings (SSSR count). The van der Waals surface area contributed by atoms with Crippen LogP contribution in [0, 0.1) is 6.92 Å². The van der Waals surface area contributed by atoms with Gasteiger partial charge in [0.25, 0.3) is 0 Å². The number of benzene rings is 1. The molecule has 8 heteroatoms. The standard InChI is InChI=1S/C21H33N3O4S/c1-4-22-21(25)24-11-5-6-19(23-29(3,26)27)20(24)14-28-18-12-17(13-18)16-9-7-15(2)8-10-16/h7-10,17-20,23H,4-6,11-14H2,1-3H3,(H,22,25)/t17?,18?,19-,20-/m0/s1.